The lowest BCUT2D eigenvalue weighted by Gasteiger charge is -2.08. The second-order valence-electron chi connectivity index (χ2n) is 4.10. The molecule has 0 aliphatic heterocycles. The van der Waals surface area contributed by atoms with Crippen molar-refractivity contribution in [2.24, 2.45) is 0 Å². The van der Waals surface area contributed by atoms with Gasteiger partial charge in [0.05, 0.1) is 10.6 Å². The number of halogens is 2. The summed E-state index contributed by atoms with van der Waals surface area (Å²) in [4.78, 5) is 12.1. The smallest absolute Gasteiger partial charge is 0.259 e. The van der Waals surface area contributed by atoms with E-state index in [0.717, 1.165) is 5.56 Å². The highest BCUT2D eigenvalue weighted by Crippen LogP contribution is 2.26. The summed E-state index contributed by atoms with van der Waals surface area (Å²) in [6.07, 6.45) is 0. The van der Waals surface area contributed by atoms with Gasteiger partial charge in [0, 0.05) is 10.2 Å². The Morgan fingerprint density at radius 1 is 1.26 bits per heavy atom. The molecule has 19 heavy (non-hydrogen) atoms. The quantitative estimate of drug-likeness (QED) is 0.853. The van der Waals surface area contributed by atoms with Crippen LogP contribution in [0.25, 0.3) is 0 Å². The molecule has 0 heterocycles. The van der Waals surface area contributed by atoms with E-state index in [1.54, 1.807) is 30.3 Å². The number of rotatable bonds is 2. The first-order valence-corrected chi connectivity index (χ1v) is 6.70. The third kappa shape index (κ3) is 3.28. The summed E-state index contributed by atoms with van der Waals surface area (Å²) in [5.74, 6) is -0.411. The monoisotopic (exact) mass is 339 g/mol. The Morgan fingerprint density at radius 2 is 2.00 bits per heavy atom. The van der Waals surface area contributed by atoms with Gasteiger partial charge >= 0.3 is 0 Å². The molecule has 0 fully saturated rings. The molecule has 0 saturated carbocycles. The minimum absolute atomic E-state index is 0.0453. The molecule has 98 valence electrons. The molecule has 0 bridgehead atoms. The van der Waals surface area contributed by atoms with E-state index in [1.165, 1.54) is 6.07 Å². The van der Waals surface area contributed by atoms with Crippen molar-refractivity contribution in [2.45, 2.75) is 6.92 Å². The molecule has 5 heteroatoms. The van der Waals surface area contributed by atoms with Crippen LogP contribution in [0.3, 0.4) is 0 Å². The largest absolute Gasteiger partial charge is 0.507 e. The van der Waals surface area contributed by atoms with E-state index in [0.29, 0.717) is 15.2 Å². The first-order valence-electron chi connectivity index (χ1n) is 5.53. The highest BCUT2D eigenvalue weighted by molar-refractivity contribution is 9.10. The number of nitrogens with one attached hydrogen (secondary N) is 1. The molecule has 2 N–H and O–H groups in total. The van der Waals surface area contributed by atoms with Crippen molar-refractivity contribution in [1.29, 1.82) is 0 Å². The van der Waals surface area contributed by atoms with E-state index >= 15 is 0 Å². The summed E-state index contributed by atoms with van der Waals surface area (Å²) in [6.45, 7) is 1.86. The fraction of sp³-hybridized carbons (Fsp3) is 0.0714. The van der Waals surface area contributed by atoms with Gasteiger partial charge in [0.15, 0.2) is 0 Å². The Balaban J connectivity index is 2.25. The number of carbonyl (C=O) groups excluding carboxylic acids is 1. The number of amides is 1. The van der Waals surface area contributed by atoms with E-state index in [4.69, 9.17) is 11.6 Å². The Kier molecular flexibility index (Phi) is 4.12. The first-order chi connectivity index (χ1) is 8.97. The number of phenolic OH excluding ortho intramolecular Hbond substituents is 1. The van der Waals surface area contributed by atoms with Crippen molar-refractivity contribution in [3.8, 4) is 5.75 Å². The van der Waals surface area contributed by atoms with Crippen LogP contribution in [0.15, 0.2) is 40.9 Å². The van der Waals surface area contributed by atoms with Gasteiger partial charge in [0.25, 0.3) is 5.91 Å². The molecule has 3 nitrogen and oxygen atoms in total. The van der Waals surface area contributed by atoms with E-state index in [9.17, 15) is 9.90 Å². The van der Waals surface area contributed by atoms with Gasteiger partial charge in [-0.05, 0) is 53.2 Å². The molecule has 0 saturated heterocycles. The predicted molar refractivity (Wildman–Crippen MR) is 79.9 cm³/mol. The zero-order valence-corrected chi connectivity index (χ0v) is 12.4. The molecule has 0 aliphatic rings. The fourth-order valence-electron chi connectivity index (χ4n) is 1.60. The van der Waals surface area contributed by atoms with Crippen LogP contribution in [0, 0.1) is 6.92 Å². The second-order valence-corrected chi connectivity index (χ2v) is 5.37. The summed E-state index contributed by atoms with van der Waals surface area (Å²) in [6, 6.07) is 9.95. The summed E-state index contributed by atoms with van der Waals surface area (Å²) in [5, 5.41) is 13.0. The lowest BCUT2D eigenvalue weighted by Crippen LogP contribution is -2.12. The molecule has 0 spiro atoms. The van der Waals surface area contributed by atoms with Crippen molar-refractivity contribution in [3.05, 3.63) is 57.0 Å². The maximum absolute atomic E-state index is 12.1. The number of carbonyl (C=O) groups is 1. The van der Waals surface area contributed by atoms with Crippen LogP contribution in [0.1, 0.15) is 15.9 Å². The van der Waals surface area contributed by atoms with E-state index in [-0.39, 0.29) is 17.2 Å². The van der Waals surface area contributed by atoms with Gasteiger partial charge in [-0.15, -0.1) is 0 Å². The molecule has 1 amide bonds. The number of benzene rings is 2. The second kappa shape index (κ2) is 5.63. The van der Waals surface area contributed by atoms with Crippen LogP contribution in [-0.4, -0.2) is 11.0 Å². The molecule has 0 radical (unpaired) electrons. The van der Waals surface area contributed by atoms with Crippen molar-refractivity contribution in [2.75, 3.05) is 5.32 Å². The van der Waals surface area contributed by atoms with E-state index < -0.39 is 0 Å². The van der Waals surface area contributed by atoms with Crippen LogP contribution in [-0.2, 0) is 0 Å². The zero-order valence-electron chi connectivity index (χ0n) is 10.1. The van der Waals surface area contributed by atoms with Crippen molar-refractivity contribution in [1.82, 2.24) is 0 Å². The number of hydrogen-bond acceptors (Lipinski definition) is 2. The Bertz CT molecular complexity index is 643. The SMILES string of the molecule is Cc1ccc(O)c(C(=O)Nc2ccc(Cl)c(Br)c2)c1. The van der Waals surface area contributed by atoms with Crippen LogP contribution in [0.5, 0.6) is 5.75 Å². The lowest BCUT2D eigenvalue weighted by atomic mass is 10.1. The topological polar surface area (TPSA) is 49.3 Å². The normalized spacial score (nSPS) is 10.3. The lowest BCUT2D eigenvalue weighted by molar-refractivity contribution is 0.102. The molecule has 0 aromatic heterocycles. The number of aromatic hydroxyl groups is 1. The summed E-state index contributed by atoms with van der Waals surface area (Å²) in [5.41, 5.74) is 1.74. The predicted octanol–water partition coefficient (Wildman–Crippen LogP) is 4.37. The molecule has 2 rings (SSSR count). The van der Waals surface area contributed by atoms with Gasteiger partial charge in [-0.3, -0.25) is 4.79 Å². The summed E-state index contributed by atoms with van der Waals surface area (Å²) < 4.78 is 0.695. The van der Waals surface area contributed by atoms with Crippen LogP contribution >= 0.6 is 27.5 Å². The number of anilines is 1. The van der Waals surface area contributed by atoms with Crippen LogP contribution in [0.2, 0.25) is 5.02 Å². The molecular weight excluding hydrogens is 330 g/mol. The molecule has 2 aromatic rings. The van der Waals surface area contributed by atoms with Gasteiger partial charge in [-0.2, -0.15) is 0 Å². The minimum Gasteiger partial charge on any atom is -0.507 e. The van der Waals surface area contributed by atoms with Gasteiger partial charge in [0.1, 0.15) is 5.75 Å². The van der Waals surface area contributed by atoms with Gasteiger partial charge < -0.3 is 10.4 Å². The number of aryl methyl sites for hydroxylation is 1. The molecule has 0 aliphatic carbocycles. The number of hydrogen-bond donors (Lipinski definition) is 2. The molecule has 0 unspecified atom stereocenters. The van der Waals surface area contributed by atoms with Crippen LogP contribution in [0.4, 0.5) is 5.69 Å². The van der Waals surface area contributed by atoms with Crippen LogP contribution < -0.4 is 5.32 Å². The maximum atomic E-state index is 12.1. The summed E-state index contributed by atoms with van der Waals surface area (Å²) in [7, 11) is 0. The van der Waals surface area contributed by atoms with Gasteiger partial charge in [0.2, 0.25) is 0 Å². The maximum Gasteiger partial charge on any atom is 0.259 e. The van der Waals surface area contributed by atoms with E-state index in [2.05, 4.69) is 21.2 Å². The first kappa shape index (κ1) is 13.9. The molecule has 2 aromatic carbocycles. The fourth-order valence-corrected chi connectivity index (χ4v) is 2.10. The zero-order chi connectivity index (χ0) is 14.0. The molecular formula is C14H11BrClNO2. The van der Waals surface area contributed by atoms with Gasteiger partial charge in [-0.25, -0.2) is 0 Å². The van der Waals surface area contributed by atoms with Crippen molar-refractivity contribution < 1.29 is 9.90 Å². The van der Waals surface area contributed by atoms with Crippen molar-refractivity contribution in [3.63, 3.8) is 0 Å². The minimum atomic E-state index is -0.365. The number of phenols is 1. The van der Waals surface area contributed by atoms with Gasteiger partial charge in [-0.1, -0.05) is 23.2 Å². The third-order valence-electron chi connectivity index (χ3n) is 2.57. The Labute approximate surface area is 124 Å². The highest BCUT2D eigenvalue weighted by atomic mass is 79.9. The standard InChI is InChI=1S/C14H11BrClNO2/c1-8-2-5-13(18)10(6-8)14(19)17-9-3-4-12(16)11(15)7-9/h2-7,18H,1H3,(H,17,19). The summed E-state index contributed by atoms with van der Waals surface area (Å²) >= 11 is 9.17. The average molecular weight is 341 g/mol. The highest BCUT2D eigenvalue weighted by Gasteiger charge is 2.12. The van der Waals surface area contributed by atoms with Crippen molar-refractivity contribution >= 4 is 39.1 Å². The average Bonchev–Trinajstić information content (AvgIpc) is 2.36. The van der Waals surface area contributed by atoms with E-state index in [1.807, 2.05) is 6.92 Å². The Hall–Kier alpha value is -1.52. The molecule has 0 atom stereocenters. The third-order valence-corrected chi connectivity index (χ3v) is 3.79. The Morgan fingerprint density at radius 3 is 2.68 bits per heavy atom.